The Morgan fingerprint density at radius 1 is 1.23 bits per heavy atom. The molecule has 7 rings (SSSR count). The zero-order chi connectivity index (χ0) is 18.0. The number of benzene rings is 1. The maximum Gasteiger partial charge on any atom is 0.141 e. The van der Waals surface area contributed by atoms with E-state index in [9.17, 15) is 10.2 Å². The fourth-order valence-electron chi connectivity index (χ4n) is 7.85. The minimum absolute atomic E-state index is 0.0165. The number of halogens is 2. The van der Waals surface area contributed by atoms with Crippen molar-refractivity contribution in [3.8, 4) is 0 Å². The van der Waals surface area contributed by atoms with Crippen LogP contribution in [-0.2, 0) is 5.41 Å². The summed E-state index contributed by atoms with van der Waals surface area (Å²) in [6.07, 6.45) is 2.36. The standard InChI is InChI=1S/C20H24Br2N2O2/c1-2-9-10-7-13-16-20(8-14(15(10)17(20)25)23(13)18(9)26)11-5-3-4-6-12(11)24(16)19(21)22/h3-6,9-10,13-19,25-26H,2,7-8H2,1H3/t9-,10-,13-,14-,15-,16-,17+,18+,20-/m0/s1. The van der Waals surface area contributed by atoms with Crippen LogP contribution < -0.4 is 4.90 Å². The van der Waals surface area contributed by atoms with E-state index in [1.54, 1.807) is 0 Å². The molecule has 0 amide bonds. The van der Waals surface area contributed by atoms with Crippen LogP contribution in [0.1, 0.15) is 31.7 Å². The van der Waals surface area contributed by atoms with E-state index in [0.717, 1.165) is 19.3 Å². The van der Waals surface area contributed by atoms with Crippen molar-refractivity contribution >= 4 is 37.5 Å². The van der Waals surface area contributed by atoms with Gasteiger partial charge in [0, 0.05) is 35.0 Å². The van der Waals surface area contributed by atoms with Crippen molar-refractivity contribution in [2.24, 2.45) is 17.8 Å². The second-order valence-corrected chi connectivity index (χ2v) is 11.8. The van der Waals surface area contributed by atoms with E-state index in [-0.39, 0.29) is 27.6 Å². The fraction of sp³-hybridized carbons (Fsp3) is 0.700. The van der Waals surface area contributed by atoms with E-state index >= 15 is 0 Å². The van der Waals surface area contributed by atoms with Gasteiger partial charge in [0.25, 0.3) is 0 Å². The SMILES string of the molecule is CC[C@H]1[C@@H]2C[C@H]3[C@@H]4N(C(Br)Br)c5ccccc5[C@@]45C[C@@H]([C@H]2[C@H]5O)N3[C@@H]1O. The van der Waals surface area contributed by atoms with Crippen LogP contribution in [0, 0.1) is 17.8 Å². The topological polar surface area (TPSA) is 46.9 Å². The Labute approximate surface area is 170 Å². The summed E-state index contributed by atoms with van der Waals surface area (Å²) in [7, 11) is 0. The van der Waals surface area contributed by atoms with E-state index in [1.807, 2.05) is 0 Å². The van der Waals surface area contributed by atoms with Crippen molar-refractivity contribution in [2.45, 2.75) is 65.9 Å². The van der Waals surface area contributed by atoms with Gasteiger partial charge >= 0.3 is 0 Å². The number of piperidine rings is 4. The molecule has 1 saturated carbocycles. The highest BCUT2D eigenvalue weighted by molar-refractivity contribution is 9.24. The monoisotopic (exact) mass is 482 g/mol. The Bertz CT molecular complexity index is 776. The number of rotatable bonds is 2. The molecule has 0 radical (unpaired) electrons. The van der Waals surface area contributed by atoms with Gasteiger partial charge in [0.05, 0.1) is 12.1 Å². The molecule has 26 heavy (non-hydrogen) atoms. The fourth-order valence-corrected chi connectivity index (χ4v) is 8.80. The molecular weight excluding hydrogens is 460 g/mol. The maximum absolute atomic E-state index is 11.7. The minimum atomic E-state index is -0.358. The van der Waals surface area contributed by atoms with Gasteiger partial charge in [0.1, 0.15) is 10.1 Å². The van der Waals surface area contributed by atoms with Crippen LogP contribution in [0.4, 0.5) is 5.69 Å². The quantitative estimate of drug-likeness (QED) is 0.501. The summed E-state index contributed by atoms with van der Waals surface area (Å²) < 4.78 is 0.0165. The number of nitrogens with zero attached hydrogens (tertiary/aromatic N) is 2. The molecule has 2 N–H and O–H groups in total. The van der Waals surface area contributed by atoms with E-state index in [2.05, 4.69) is 72.8 Å². The van der Waals surface area contributed by atoms with Gasteiger partial charge in [-0.1, -0.05) is 57.0 Å². The Morgan fingerprint density at radius 3 is 2.73 bits per heavy atom. The molecule has 4 nitrogen and oxygen atoms in total. The molecule has 0 aromatic heterocycles. The summed E-state index contributed by atoms with van der Waals surface area (Å²) in [5.74, 6) is 1.03. The van der Waals surface area contributed by atoms with Crippen LogP contribution in [0.3, 0.4) is 0 Å². The van der Waals surface area contributed by atoms with Crippen LogP contribution in [0.2, 0.25) is 0 Å². The summed E-state index contributed by atoms with van der Waals surface area (Å²) >= 11 is 7.53. The van der Waals surface area contributed by atoms with E-state index in [1.165, 1.54) is 11.3 Å². The average Bonchev–Trinajstić information content (AvgIpc) is 3.05. The maximum atomic E-state index is 11.7. The van der Waals surface area contributed by atoms with Gasteiger partial charge in [-0.05, 0) is 36.8 Å². The number of fused-ring (bicyclic) bond motifs is 2. The molecule has 5 fully saturated rings. The summed E-state index contributed by atoms with van der Waals surface area (Å²) in [5, 5.41) is 22.9. The van der Waals surface area contributed by atoms with Gasteiger partial charge in [-0.15, -0.1) is 0 Å². The lowest BCUT2D eigenvalue weighted by molar-refractivity contribution is -0.211. The van der Waals surface area contributed by atoms with Gasteiger partial charge in [-0.3, -0.25) is 4.90 Å². The number of anilines is 1. The number of para-hydroxylation sites is 1. The molecule has 1 unspecified atom stereocenters. The first-order chi connectivity index (χ1) is 12.5. The molecular formula is C20H24Br2N2O2. The Morgan fingerprint density at radius 2 is 2.00 bits per heavy atom. The van der Waals surface area contributed by atoms with Crippen molar-refractivity contribution in [1.29, 1.82) is 0 Å². The molecule has 10 atom stereocenters. The van der Waals surface area contributed by atoms with Gasteiger partial charge in [-0.25, -0.2) is 0 Å². The normalized spacial score (nSPS) is 52.7. The van der Waals surface area contributed by atoms with Crippen molar-refractivity contribution in [1.82, 2.24) is 4.90 Å². The third-order valence-electron chi connectivity index (χ3n) is 8.45. The van der Waals surface area contributed by atoms with Gasteiger partial charge in [-0.2, -0.15) is 0 Å². The number of alkyl halides is 2. The Hall–Kier alpha value is -0.140. The third kappa shape index (κ3) is 1.62. The van der Waals surface area contributed by atoms with Crippen molar-refractivity contribution < 1.29 is 10.2 Å². The zero-order valence-electron chi connectivity index (χ0n) is 14.7. The van der Waals surface area contributed by atoms with E-state index in [4.69, 9.17) is 0 Å². The molecule has 6 aliphatic rings. The number of aliphatic hydroxyl groups is 2. The van der Waals surface area contributed by atoms with Crippen LogP contribution in [-0.4, -0.2) is 49.4 Å². The summed E-state index contributed by atoms with van der Waals surface area (Å²) in [6, 6.07) is 9.43. The van der Waals surface area contributed by atoms with E-state index in [0.29, 0.717) is 29.8 Å². The highest BCUT2D eigenvalue weighted by Gasteiger charge is 2.76. The lowest BCUT2D eigenvalue weighted by Gasteiger charge is -2.62. The van der Waals surface area contributed by atoms with Crippen molar-refractivity contribution in [3.63, 3.8) is 0 Å². The molecule has 6 heteroatoms. The second kappa shape index (κ2) is 5.26. The second-order valence-electron chi connectivity index (χ2n) is 8.88. The first-order valence-corrected chi connectivity index (χ1v) is 11.6. The third-order valence-corrected chi connectivity index (χ3v) is 9.34. The molecule has 1 aliphatic carbocycles. The average molecular weight is 484 g/mol. The van der Waals surface area contributed by atoms with Gasteiger partial charge < -0.3 is 15.1 Å². The number of hydrogen-bond acceptors (Lipinski definition) is 4. The summed E-state index contributed by atoms with van der Waals surface area (Å²) in [4.78, 5) is 4.81. The molecule has 140 valence electrons. The molecule has 4 saturated heterocycles. The molecule has 1 aromatic rings. The smallest absolute Gasteiger partial charge is 0.141 e. The lowest BCUT2D eigenvalue weighted by Crippen LogP contribution is -2.73. The summed E-state index contributed by atoms with van der Waals surface area (Å²) in [6.45, 7) is 2.18. The Kier molecular flexibility index (Phi) is 3.40. The van der Waals surface area contributed by atoms with Crippen LogP contribution >= 0.6 is 31.9 Å². The predicted octanol–water partition coefficient (Wildman–Crippen LogP) is 3.00. The van der Waals surface area contributed by atoms with E-state index < -0.39 is 0 Å². The first kappa shape index (κ1) is 16.8. The lowest BCUT2D eigenvalue weighted by atomic mass is 9.62. The minimum Gasteiger partial charge on any atom is -0.392 e. The Balaban J connectivity index is 1.60. The zero-order valence-corrected chi connectivity index (χ0v) is 17.8. The van der Waals surface area contributed by atoms with Gasteiger partial charge in [0.2, 0.25) is 0 Å². The van der Waals surface area contributed by atoms with Gasteiger partial charge in [0.15, 0.2) is 0 Å². The molecule has 5 aliphatic heterocycles. The molecule has 5 heterocycles. The van der Waals surface area contributed by atoms with Crippen LogP contribution in [0.5, 0.6) is 0 Å². The highest BCUT2D eigenvalue weighted by Crippen LogP contribution is 2.69. The summed E-state index contributed by atoms with van der Waals surface area (Å²) in [5.41, 5.74) is 2.33. The molecule has 1 spiro atoms. The molecule has 1 aromatic carbocycles. The van der Waals surface area contributed by atoms with Crippen molar-refractivity contribution in [2.75, 3.05) is 4.90 Å². The van der Waals surface area contributed by atoms with Crippen LogP contribution in [0.15, 0.2) is 24.3 Å². The number of hydrogen-bond donors (Lipinski definition) is 2. The highest BCUT2D eigenvalue weighted by atomic mass is 79.9. The first-order valence-electron chi connectivity index (χ1n) is 9.82. The van der Waals surface area contributed by atoms with Crippen LogP contribution in [0.25, 0.3) is 0 Å². The van der Waals surface area contributed by atoms with Crippen molar-refractivity contribution in [3.05, 3.63) is 29.8 Å². The molecule has 5 bridgehead atoms. The largest absolute Gasteiger partial charge is 0.392 e. The predicted molar refractivity (Wildman–Crippen MR) is 107 cm³/mol. The number of aliphatic hydroxyl groups excluding tert-OH is 2.